The molecule has 1 saturated heterocycles. The molecule has 0 spiro atoms. The van der Waals surface area contributed by atoms with Crippen LogP contribution >= 0.6 is 0 Å². The van der Waals surface area contributed by atoms with Gasteiger partial charge in [-0.05, 0) is 44.0 Å². The van der Waals surface area contributed by atoms with Crippen LogP contribution in [0.4, 0.5) is 9.18 Å². The Morgan fingerprint density at radius 1 is 0.933 bits per heavy atom. The monoisotopic (exact) mass is 412 g/mol. The number of ketones is 1. The van der Waals surface area contributed by atoms with Crippen LogP contribution in [0.2, 0.25) is 0 Å². The van der Waals surface area contributed by atoms with Crippen molar-refractivity contribution >= 4 is 11.9 Å². The van der Waals surface area contributed by atoms with E-state index in [2.05, 4.69) is 4.90 Å². The van der Waals surface area contributed by atoms with Gasteiger partial charge in [-0.1, -0.05) is 36.4 Å². The lowest BCUT2D eigenvalue weighted by Crippen LogP contribution is -2.49. The van der Waals surface area contributed by atoms with Gasteiger partial charge >= 0.3 is 6.09 Å². The fourth-order valence-electron chi connectivity index (χ4n) is 3.40. The zero-order valence-electron chi connectivity index (χ0n) is 17.9. The van der Waals surface area contributed by atoms with Gasteiger partial charge in [-0.25, -0.2) is 9.18 Å². The van der Waals surface area contributed by atoms with Gasteiger partial charge in [0, 0.05) is 39.1 Å². The van der Waals surface area contributed by atoms with Crippen molar-refractivity contribution < 1.29 is 18.7 Å². The second-order valence-electron chi connectivity index (χ2n) is 8.64. The Morgan fingerprint density at radius 2 is 1.53 bits per heavy atom. The molecule has 6 heteroatoms. The highest BCUT2D eigenvalue weighted by Crippen LogP contribution is 2.15. The fraction of sp³-hybridized carbons (Fsp3) is 0.417. The number of amides is 1. The van der Waals surface area contributed by atoms with E-state index in [4.69, 9.17) is 4.74 Å². The zero-order chi connectivity index (χ0) is 21.7. The lowest BCUT2D eigenvalue weighted by Gasteiger charge is -2.35. The van der Waals surface area contributed by atoms with Gasteiger partial charge in [0.15, 0.2) is 5.78 Å². The summed E-state index contributed by atoms with van der Waals surface area (Å²) in [4.78, 5) is 28.5. The van der Waals surface area contributed by atoms with Crippen LogP contribution in [0.1, 0.15) is 42.3 Å². The Kier molecular flexibility index (Phi) is 6.87. The van der Waals surface area contributed by atoms with Crippen LogP contribution in [0, 0.1) is 5.82 Å². The van der Waals surface area contributed by atoms with Gasteiger partial charge in [0.1, 0.15) is 11.4 Å². The van der Waals surface area contributed by atoms with Crippen LogP contribution in [0.3, 0.4) is 0 Å². The zero-order valence-corrected chi connectivity index (χ0v) is 17.9. The average molecular weight is 413 g/mol. The molecule has 160 valence electrons. The molecule has 3 rings (SSSR count). The minimum atomic E-state index is -0.483. The van der Waals surface area contributed by atoms with Gasteiger partial charge in [0.2, 0.25) is 0 Å². The standard InChI is InChI=1S/C24H29FN2O3/c1-24(2,3)30-23(29)27-14-12-26(13-15-27)17-19-10-8-18(9-11-19)16-22(28)20-6-4-5-7-21(20)25/h4-11H,12-17H2,1-3H3. The first-order valence-corrected chi connectivity index (χ1v) is 10.3. The molecule has 2 aromatic carbocycles. The molecule has 2 aromatic rings. The molecule has 0 bridgehead atoms. The summed E-state index contributed by atoms with van der Waals surface area (Å²) in [6.07, 6.45) is -0.0819. The number of rotatable bonds is 5. The molecule has 1 aliphatic heterocycles. The molecular formula is C24H29FN2O3. The summed E-state index contributed by atoms with van der Waals surface area (Å²) in [7, 11) is 0. The van der Waals surface area contributed by atoms with E-state index in [9.17, 15) is 14.0 Å². The minimum absolute atomic E-state index is 0.129. The number of carbonyl (C=O) groups is 2. The molecule has 1 fully saturated rings. The highest BCUT2D eigenvalue weighted by molar-refractivity contribution is 5.97. The van der Waals surface area contributed by atoms with Gasteiger partial charge in [0.05, 0.1) is 5.56 Å². The van der Waals surface area contributed by atoms with E-state index in [1.54, 1.807) is 17.0 Å². The first kappa shape index (κ1) is 22.0. The van der Waals surface area contributed by atoms with Crippen LogP contribution < -0.4 is 0 Å². The largest absolute Gasteiger partial charge is 0.444 e. The van der Waals surface area contributed by atoms with Crippen LogP contribution in [0.5, 0.6) is 0 Å². The summed E-state index contributed by atoms with van der Waals surface area (Å²) in [5, 5.41) is 0. The molecule has 0 unspecified atom stereocenters. The van der Waals surface area contributed by atoms with E-state index in [0.717, 1.165) is 30.8 Å². The number of hydrogen-bond donors (Lipinski definition) is 0. The number of halogens is 1. The molecule has 30 heavy (non-hydrogen) atoms. The van der Waals surface area contributed by atoms with Crippen LogP contribution in [0.15, 0.2) is 48.5 Å². The molecule has 0 aromatic heterocycles. The van der Waals surface area contributed by atoms with Crippen molar-refractivity contribution in [1.82, 2.24) is 9.80 Å². The molecule has 1 heterocycles. The summed E-state index contributed by atoms with van der Waals surface area (Å²) in [6.45, 7) is 9.25. The smallest absolute Gasteiger partial charge is 0.410 e. The predicted molar refractivity (Wildman–Crippen MR) is 114 cm³/mol. The number of hydrogen-bond acceptors (Lipinski definition) is 4. The fourth-order valence-corrected chi connectivity index (χ4v) is 3.40. The Balaban J connectivity index is 1.49. The van der Waals surface area contributed by atoms with Gasteiger partial charge in [0.25, 0.3) is 0 Å². The second kappa shape index (κ2) is 9.39. The first-order valence-electron chi connectivity index (χ1n) is 10.3. The normalized spacial score (nSPS) is 15.1. The van der Waals surface area contributed by atoms with Crippen molar-refractivity contribution in [2.75, 3.05) is 26.2 Å². The number of nitrogens with zero attached hydrogens (tertiary/aromatic N) is 2. The molecule has 0 aliphatic carbocycles. The van der Waals surface area contributed by atoms with E-state index in [1.807, 2.05) is 45.0 Å². The molecular weight excluding hydrogens is 383 g/mol. The molecule has 0 radical (unpaired) electrons. The lowest BCUT2D eigenvalue weighted by atomic mass is 10.0. The third-order valence-electron chi connectivity index (χ3n) is 4.99. The molecule has 1 amide bonds. The van der Waals surface area contributed by atoms with Crippen molar-refractivity contribution in [3.63, 3.8) is 0 Å². The molecule has 0 N–H and O–H groups in total. The van der Waals surface area contributed by atoms with E-state index < -0.39 is 11.4 Å². The Bertz CT molecular complexity index is 882. The van der Waals surface area contributed by atoms with Gasteiger partial charge in [-0.3, -0.25) is 9.69 Å². The van der Waals surface area contributed by atoms with Crippen molar-refractivity contribution in [3.8, 4) is 0 Å². The highest BCUT2D eigenvalue weighted by Gasteiger charge is 2.25. The van der Waals surface area contributed by atoms with Gasteiger partial charge in [-0.15, -0.1) is 0 Å². The molecule has 0 saturated carbocycles. The van der Waals surface area contributed by atoms with Crippen LogP contribution in [-0.2, 0) is 17.7 Å². The third-order valence-corrected chi connectivity index (χ3v) is 4.99. The Labute approximate surface area is 177 Å². The predicted octanol–water partition coefficient (Wildman–Crippen LogP) is 4.30. The number of Topliss-reactive ketones (excluding diaryl/α,β-unsaturated/α-hetero) is 1. The van der Waals surface area contributed by atoms with E-state index in [-0.39, 0.29) is 23.9 Å². The first-order chi connectivity index (χ1) is 14.2. The third kappa shape index (κ3) is 6.13. The number of benzene rings is 2. The quantitative estimate of drug-likeness (QED) is 0.687. The van der Waals surface area contributed by atoms with Gasteiger partial charge in [-0.2, -0.15) is 0 Å². The van der Waals surface area contributed by atoms with E-state index in [0.29, 0.717) is 13.1 Å². The maximum absolute atomic E-state index is 13.8. The lowest BCUT2D eigenvalue weighted by molar-refractivity contribution is 0.0139. The van der Waals surface area contributed by atoms with Crippen molar-refractivity contribution in [3.05, 3.63) is 71.0 Å². The van der Waals surface area contributed by atoms with Crippen LogP contribution in [0.25, 0.3) is 0 Å². The van der Waals surface area contributed by atoms with E-state index in [1.165, 1.54) is 12.1 Å². The number of ether oxygens (including phenoxy) is 1. The summed E-state index contributed by atoms with van der Waals surface area (Å²) >= 11 is 0. The Hall–Kier alpha value is -2.73. The number of carbonyl (C=O) groups excluding carboxylic acids is 2. The van der Waals surface area contributed by atoms with Crippen molar-refractivity contribution in [2.24, 2.45) is 0 Å². The van der Waals surface area contributed by atoms with Crippen molar-refractivity contribution in [1.29, 1.82) is 0 Å². The SMILES string of the molecule is CC(C)(C)OC(=O)N1CCN(Cc2ccc(CC(=O)c3ccccc3F)cc2)CC1. The van der Waals surface area contributed by atoms with Gasteiger partial charge < -0.3 is 9.64 Å². The molecule has 1 aliphatic rings. The maximum Gasteiger partial charge on any atom is 0.410 e. The van der Waals surface area contributed by atoms with Crippen molar-refractivity contribution in [2.45, 2.75) is 39.3 Å². The molecule has 0 atom stereocenters. The maximum atomic E-state index is 13.8. The second-order valence-corrected chi connectivity index (χ2v) is 8.64. The summed E-state index contributed by atoms with van der Waals surface area (Å²) in [5.74, 6) is -0.705. The Morgan fingerprint density at radius 3 is 2.13 bits per heavy atom. The topological polar surface area (TPSA) is 49.9 Å². The summed E-state index contributed by atoms with van der Waals surface area (Å²) in [6, 6.07) is 13.9. The summed E-state index contributed by atoms with van der Waals surface area (Å²) in [5.41, 5.74) is 1.65. The van der Waals surface area contributed by atoms with Crippen LogP contribution in [-0.4, -0.2) is 53.5 Å². The molecule has 5 nitrogen and oxygen atoms in total. The number of piperazine rings is 1. The van der Waals surface area contributed by atoms with E-state index >= 15 is 0 Å². The minimum Gasteiger partial charge on any atom is -0.444 e. The highest BCUT2D eigenvalue weighted by atomic mass is 19.1. The average Bonchev–Trinajstić information content (AvgIpc) is 2.69. The summed E-state index contributed by atoms with van der Waals surface area (Å²) < 4.78 is 19.2.